The second-order valence-corrected chi connectivity index (χ2v) is 5.38. The van der Waals surface area contributed by atoms with E-state index in [2.05, 4.69) is 10.2 Å². The van der Waals surface area contributed by atoms with Crippen molar-refractivity contribution in [3.63, 3.8) is 0 Å². The molecule has 4 nitrogen and oxygen atoms in total. The molecule has 104 valence electrons. The molecular formula is C15H22N2O2. The van der Waals surface area contributed by atoms with Crippen molar-refractivity contribution in [3.05, 3.63) is 23.3 Å². The zero-order valence-corrected chi connectivity index (χ0v) is 11.9. The van der Waals surface area contributed by atoms with E-state index in [-0.39, 0.29) is 17.7 Å². The normalized spacial score (nSPS) is 20.3. The predicted molar refractivity (Wildman–Crippen MR) is 76.5 cm³/mol. The maximum atomic E-state index is 12.4. The van der Waals surface area contributed by atoms with Crippen LogP contribution in [0, 0.1) is 13.8 Å². The monoisotopic (exact) mass is 262 g/mol. The molecule has 1 atom stereocenters. The Labute approximate surface area is 114 Å². The van der Waals surface area contributed by atoms with Gasteiger partial charge in [0.05, 0.1) is 11.7 Å². The number of benzene rings is 1. The van der Waals surface area contributed by atoms with Crippen molar-refractivity contribution in [1.82, 2.24) is 4.90 Å². The number of amides is 1. The fraction of sp³-hybridized carbons (Fsp3) is 0.533. The molecule has 0 aromatic heterocycles. The first-order valence-electron chi connectivity index (χ1n) is 6.81. The Morgan fingerprint density at radius 1 is 1.37 bits per heavy atom. The van der Waals surface area contributed by atoms with Crippen LogP contribution in [0.5, 0.6) is 5.75 Å². The van der Waals surface area contributed by atoms with Gasteiger partial charge < -0.3 is 10.4 Å². The summed E-state index contributed by atoms with van der Waals surface area (Å²) in [6.07, 6.45) is 3.16. The van der Waals surface area contributed by atoms with E-state index in [4.69, 9.17) is 0 Å². The third-order valence-electron chi connectivity index (χ3n) is 3.97. The molecule has 1 aliphatic rings. The molecule has 0 aliphatic carbocycles. The minimum atomic E-state index is -0.0603. The van der Waals surface area contributed by atoms with Gasteiger partial charge in [-0.2, -0.15) is 0 Å². The van der Waals surface area contributed by atoms with Crippen LogP contribution < -0.4 is 5.32 Å². The van der Waals surface area contributed by atoms with E-state index in [0.29, 0.717) is 0 Å². The number of carbonyl (C=O) groups excluding carboxylic acids is 1. The van der Waals surface area contributed by atoms with Gasteiger partial charge in [0, 0.05) is 5.56 Å². The maximum absolute atomic E-state index is 12.4. The lowest BCUT2D eigenvalue weighted by Crippen LogP contribution is -2.44. The summed E-state index contributed by atoms with van der Waals surface area (Å²) < 4.78 is 0. The number of phenolic OH excluding ortho intramolecular Hbond substituents is 1. The maximum Gasteiger partial charge on any atom is 0.241 e. The van der Waals surface area contributed by atoms with E-state index in [1.807, 2.05) is 27.0 Å². The molecule has 1 saturated heterocycles. The van der Waals surface area contributed by atoms with Gasteiger partial charge in [-0.05, 0) is 51.9 Å². The van der Waals surface area contributed by atoms with Gasteiger partial charge in [-0.1, -0.05) is 12.5 Å². The van der Waals surface area contributed by atoms with Crippen LogP contribution in [0.3, 0.4) is 0 Å². The molecule has 0 bridgehead atoms. The lowest BCUT2D eigenvalue weighted by Gasteiger charge is -2.31. The topological polar surface area (TPSA) is 52.6 Å². The summed E-state index contributed by atoms with van der Waals surface area (Å²) in [6.45, 7) is 4.73. The molecule has 2 rings (SSSR count). The zero-order valence-electron chi connectivity index (χ0n) is 11.9. The summed E-state index contributed by atoms with van der Waals surface area (Å²) >= 11 is 0. The highest BCUT2D eigenvalue weighted by Crippen LogP contribution is 2.28. The van der Waals surface area contributed by atoms with Crippen LogP contribution in [-0.2, 0) is 4.79 Å². The third-order valence-corrected chi connectivity index (χ3v) is 3.97. The van der Waals surface area contributed by atoms with Crippen LogP contribution in [-0.4, -0.2) is 35.5 Å². The average molecular weight is 262 g/mol. The molecule has 1 unspecified atom stereocenters. The number of hydrogen-bond donors (Lipinski definition) is 2. The molecule has 19 heavy (non-hydrogen) atoms. The number of aromatic hydroxyl groups is 1. The number of aryl methyl sites for hydroxylation is 1. The number of nitrogens with zero attached hydrogens (tertiary/aromatic N) is 1. The van der Waals surface area contributed by atoms with Gasteiger partial charge in [-0.15, -0.1) is 0 Å². The number of carbonyl (C=O) groups is 1. The summed E-state index contributed by atoms with van der Waals surface area (Å²) in [7, 11) is 1.99. The first-order chi connectivity index (χ1) is 9.00. The van der Waals surface area contributed by atoms with E-state index < -0.39 is 0 Å². The average Bonchev–Trinajstić information content (AvgIpc) is 2.39. The Morgan fingerprint density at radius 3 is 2.79 bits per heavy atom. The molecular weight excluding hydrogens is 240 g/mol. The fourth-order valence-electron chi connectivity index (χ4n) is 2.64. The van der Waals surface area contributed by atoms with Crippen LogP contribution in [0.1, 0.15) is 30.4 Å². The summed E-state index contributed by atoms with van der Waals surface area (Å²) in [4.78, 5) is 14.5. The molecule has 2 N–H and O–H groups in total. The lowest BCUT2D eigenvalue weighted by molar-refractivity contribution is -0.121. The van der Waals surface area contributed by atoms with E-state index in [1.54, 1.807) is 6.07 Å². The number of likely N-dealkylation sites (tertiary alicyclic amines) is 1. The van der Waals surface area contributed by atoms with Crippen molar-refractivity contribution in [2.45, 2.75) is 39.2 Å². The van der Waals surface area contributed by atoms with Gasteiger partial charge in [0.2, 0.25) is 5.91 Å². The predicted octanol–water partition coefficient (Wildman–Crippen LogP) is 2.43. The van der Waals surface area contributed by atoms with Gasteiger partial charge >= 0.3 is 0 Å². The van der Waals surface area contributed by atoms with E-state index >= 15 is 0 Å². The van der Waals surface area contributed by atoms with Crippen LogP contribution in [0.15, 0.2) is 12.1 Å². The highest BCUT2D eigenvalue weighted by atomic mass is 16.3. The molecule has 1 heterocycles. The van der Waals surface area contributed by atoms with Crippen LogP contribution in [0.25, 0.3) is 0 Å². The summed E-state index contributed by atoms with van der Waals surface area (Å²) in [6, 6.07) is 3.42. The molecule has 1 aromatic rings. The van der Waals surface area contributed by atoms with Crippen molar-refractivity contribution in [2.75, 3.05) is 18.9 Å². The van der Waals surface area contributed by atoms with Crippen LogP contribution >= 0.6 is 0 Å². The molecule has 0 saturated carbocycles. The molecule has 1 fully saturated rings. The first kappa shape index (κ1) is 13.9. The van der Waals surface area contributed by atoms with Crippen LogP contribution in [0.2, 0.25) is 0 Å². The number of piperidine rings is 1. The Bertz CT molecular complexity index is 485. The van der Waals surface area contributed by atoms with Crippen molar-refractivity contribution in [1.29, 1.82) is 0 Å². The van der Waals surface area contributed by atoms with E-state index in [1.165, 1.54) is 0 Å². The minimum Gasteiger partial charge on any atom is -0.508 e. The van der Waals surface area contributed by atoms with Gasteiger partial charge in [0.1, 0.15) is 5.75 Å². The number of likely N-dealkylation sites (N-methyl/N-ethyl adjacent to an activating group) is 1. The SMILES string of the molecule is Cc1ccc(O)c(C)c1NC(=O)C1CCCCN1C. The third kappa shape index (κ3) is 2.89. The smallest absolute Gasteiger partial charge is 0.241 e. The zero-order chi connectivity index (χ0) is 14.0. The van der Waals surface area contributed by atoms with Gasteiger partial charge in [0.15, 0.2) is 0 Å². The minimum absolute atomic E-state index is 0.0269. The Kier molecular flexibility index (Phi) is 4.10. The van der Waals surface area contributed by atoms with Crippen molar-refractivity contribution >= 4 is 11.6 Å². The number of rotatable bonds is 2. The molecule has 0 spiro atoms. The van der Waals surface area contributed by atoms with E-state index in [0.717, 1.165) is 42.6 Å². The van der Waals surface area contributed by atoms with Gasteiger partial charge in [-0.25, -0.2) is 0 Å². The van der Waals surface area contributed by atoms with Crippen LogP contribution in [0.4, 0.5) is 5.69 Å². The number of phenols is 1. The van der Waals surface area contributed by atoms with Crippen molar-refractivity contribution < 1.29 is 9.90 Å². The van der Waals surface area contributed by atoms with Crippen molar-refractivity contribution in [2.24, 2.45) is 0 Å². The molecule has 1 amide bonds. The Balaban J connectivity index is 2.17. The summed E-state index contributed by atoms with van der Waals surface area (Å²) in [5.74, 6) is 0.247. The molecule has 4 heteroatoms. The van der Waals surface area contributed by atoms with Gasteiger partial charge in [-0.3, -0.25) is 9.69 Å². The number of anilines is 1. The van der Waals surface area contributed by atoms with Gasteiger partial charge in [0.25, 0.3) is 0 Å². The quantitative estimate of drug-likeness (QED) is 0.860. The number of hydrogen-bond acceptors (Lipinski definition) is 3. The Hall–Kier alpha value is -1.55. The second-order valence-electron chi connectivity index (χ2n) is 5.38. The standard InChI is InChI=1S/C15H22N2O2/c1-10-7-8-13(18)11(2)14(10)16-15(19)12-6-4-5-9-17(12)3/h7-8,12,18H,4-6,9H2,1-3H3,(H,16,19). The molecule has 1 aromatic carbocycles. The largest absolute Gasteiger partial charge is 0.508 e. The highest BCUT2D eigenvalue weighted by Gasteiger charge is 2.26. The Morgan fingerprint density at radius 2 is 2.11 bits per heavy atom. The summed E-state index contributed by atoms with van der Waals surface area (Å²) in [5.41, 5.74) is 2.44. The highest BCUT2D eigenvalue weighted by molar-refractivity contribution is 5.96. The molecule has 1 aliphatic heterocycles. The lowest BCUT2D eigenvalue weighted by atomic mass is 10.0. The number of nitrogens with one attached hydrogen (secondary N) is 1. The second kappa shape index (κ2) is 5.61. The summed E-state index contributed by atoms with van der Waals surface area (Å²) in [5, 5.41) is 12.7. The van der Waals surface area contributed by atoms with Crippen molar-refractivity contribution in [3.8, 4) is 5.75 Å². The van der Waals surface area contributed by atoms with E-state index in [9.17, 15) is 9.90 Å². The molecule has 0 radical (unpaired) electrons. The fourth-order valence-corrected chi connectivity index (χ4v) is 2.64. The first-order valence-corrected chi connectivity index (χ1v) is 6.81.